The number of thioether (sulfide) groups is 1. The molecule has 12 nitrogen and oxygen atoms in total. The Morgan fingerprint density at radius 2 is 1.86 bits per heavy atom. The number of anilines is 2. The Labute approximate surface area is 297 Å². The Hall–Kier alpha value is -4.52. The first kappa shape index (κ1) is 34.0. The van der Waals surface area contributed by atoms with Crippen molar-refractivity contribution in [1.29, 1.82) is 0 Å². The third-order valence-corrected chi connectivity index (χ3v) is 11.4. The minimum Gasteiger partial charge on any atom is -0.497 e. The van der Waals surface area contributed by atoms with Crippen molar-refractivity contribution in [3.05, 3.63) is 54.7 Å². The topological polar surface area (TPSA) is 147 Å². The molecule has 1 saturated carbocycles. The summed E-state index contributed by atoms with van der Waals surface area (Å²) in [5.41, 5.74) is 4.53. The van der Waals surface area contributed by atoms with E-state index in [1.54, 1.807) is 7.11 Å². The van der Waals surface area contributed by atoms with Crippen molar-refractivity contribution in [3.8, 4) is 28.3 Å². The zero-order valence-electron chi connectivity index (χ0n) is 28.6. The van der Waals surface area contributed by atoms with Crippen LogP contribution in [0.1, 0.15) is 64.2 Å². The molecule has 5 N–H and O–H groups in total. The summed E-state index contributed by atoms with van der Waals surface area (Å²) in [5.74, 6) is 3.41. The van der Waals surface area contributed by atoms with Gasteiger partial charge >= 0.3 is 6.03 Å². The number of urea groups is 1. The molecular formula is C37H47N9O3S. The molecular weight excluding hydrogens is 651 g/mol. The Morgan fingerprint density at radius 1 is 1.02 bits per heavy atom. The van der Waals surface area contributed by atoms with Gasteiger partial charge in [0.05, 0.1) is 36.0 Å². The normalized spacial score (nSPS) is 20.0. The lowest BCUT2D eigenvalue weighted by Crippen LogP contribution is -2.36. The smallest absolute Gasteiger partial charge is 0.315 e. The first-order valence-corrected chi connectivity index (χ1v) is 19.1. The number of benzene rings is 1. The molecule has 3 aliphatic rings. The zero-order chi connectivity index (χ0) is 34.3. The Kier molecular flexibility index (Phi) is 10.9. The van der Waals surface area contributed by atoms with Gasteiger partial charge in [0.2, 0.25) is 11.9 Å². The van der Waals surface area contributed by atoms with Gasteiger partial charge in [-0.3, -0.25) is 4.79 Å². The van der Waals surface area contributed by atoms with Crippen LogP contribution in [0.3, 0.4) is 0 Å². The number of nitrogens with zero attached hydrogens (tertiary/aromatic N) is 4. The highest BCUT2D eigenvalue weighted by Gasteiger charge is 2.42. The summed E-state index contributed by atoms with van der Waals surface area (Å²) in [7, 11) is 1.67. The number of methoxy groups -OCH3 is 1. The van der Waals surface area contributed by atoms with Crippen molar-refractivity contribution in [1.82, 2.24) is 35.5 Å². The molecule has 4 aromatic rings. The van der Waals surface area contributed by atoms with E-state index >= 15 is 0 Å². The molecule has 5 heterocycles. The molecule has 0 radical (unpaired) electrons. The van der Waals surface area contributed by atoms with E-state index in [4.69, 9.17) is 14.8 Å². The van der Waals surface area contributed by atoms with Crippen molar-refractivity contribution in [2.75, 3.05) is 36.6 Å². The van der Waals surface area contributed by atoms with Crippen LogP contribution in [-0.4, -0.2) is 80.8 Å². The van der Waals surface area contributed by atoms with Crippen LogP contribution in [0.25, 0.3) is 28.0 Å². The van der Waals surface area contributed by atoms with Gasteiger partial charge in [-0.25, -0.2) is 19.3 Å². The van der Waals surface area contributed by atoms with Gasteiger partial charge in [0.25, 0.3) is 0 Å². The lowest BCUT2D eigenvalue weighted by atomic mass is 10.0. The molecule has 2 aliphatic heterocycles. The lowest BCUT2D eigenvalue weighted by Gasteiger charge is -2.16. The Morgan fingerprint density at radius 3 is 2.70 bits per heavy atom. The van der Waals surface area contributed by atoms with Crippen LogP contribution in [0, 0.1) is 0 Å². The summed E-state index contributed by atoms with van der Waals surface area (Å²) in [6, 6.07) is 16.9. The molecule has 13 heteroatoms. The molecule has 7 rings (SSSR count). The monoisotopic (exact) mass is 697 g/mol. The standard InChI is InChI=1S/C37H47N9O3S/c1-49-26-17-15-24(16-18-26)34-33(27-19-22-40-36(42-27)41-25-9-2-3-10-25)29-11-8-13-31(46(29)45-34)38-20-6-7-21-39-32(47)14-5-4-12-30-35-28(23-50-30)43-37(48)44-35/h8,11,13,15-19,22,25,28,30,35,38H,2-7,9-10,12,14,20-21,23H2,1H3,(H,39,47)(H,40,41,42)(H2,43,44,48)/t28-,30-,35-/m0/s1. The third kappa shape index (κ3) is 7.93. The van der Waals surface area contributed by atoms with Crippen LogP contribution < -0.4 is 31.3 Å². The molecule has 0 unspecified atom stereocenters. The number of hydrogen-bond donors (Lipinski definition) is 5. The third-order valence-electron chi connectivity index (χ3n) is 9.93. The summed E-state index contributed by atoms with van der Waals surface area (Å²) < 4.78 is 7.38. The first-order chi connectivity index (χ1) is 24.6. The number of fused-ring (bicyclic) bond motifs is 2. The summed E-state index contributed by atoms with van der Waals surface area (Å²) in [6.45, 7) is 1.40. The number of unbranched alkanes of at least 4 members (excludes halogenated alkanes) is 2. The van der Waals surface area contributed by atoms with Gasteiger partial charge in [0, 0.05) is 48.3 Å². The van der Waals surface area contributed by atoms with E-state index in [9.17, 15) is 9.59 Å². The number of rotatable bonds is 16. The lowest BCUT2D eigenvalue weighted by molar-refractivity contribution is -0.121. The largest absolute Gasteiger partial charge is 0.497 e. The van der Waals surface area contributed by atoms with Gasteiger partial charge in [0.15, 0.2) is 0 Å². The van der Waals surface area contributed by atoms with E-state index in [1.165, 1.54) is 12.8 Å². The molecule has 0 bridgehead atoms. The molecule has 1 aromatic carbocycles. The summed E-state index contributed by atoms with van der Waals surface area (Å²) in [6.07, 6.45) is 11.8. The molecule has 50 heavy (non-hydrogen) atoms. The van der Waals surface area contributed by atoms with E-state index in [2.05, 4.69) is 37.6 Å². The second-order valence-electron chi connectivity index (χ2n) is 13.4. The molecule has 3 atom stereocenters. The summed E-state index contributed by atoms with van der Waals surface area (Å²) in [4.78, 5) is 33.5. The highest BCUT2D eigenvalue weighted by Crippen LogP contribution is 2.37. The highest BCUT2D eigenvalue weighted by atomic mass is 32.2. The average Bonchev–Trinajstić information content (AvgIpc) is 3.94. The van der Waals surface area contributed by atoms with Crippen LogP contribution in [-0.2, 0) is 4.79 Å². The van der Waals surface area contributed by atoms with Crippen LogP contribution >= 0.6 is 11.8 Å². The van der Waals surface area contributed by atoms with Gasteiger partial charge in [0.1, 0.15) is 17.3 Å². The molecule has 2 saturated heterocycles. The first-order valence-electron chi connectivity index (χ1n) is 18.0. The zero-order valence-corrected chi connectivity index (χ0v) is 29.4. The number of aromatic nitrogens is 4. The van der Waals surface area contributed by atoms with E-state index in [0.717, 1.165) is 96.8 Å². The number of nitrogens with one attached hydrogen (secondary N) is 5. The molecule has 0 spiro atoms. The van der Waals surface area contributed by atoms with E-state index in [0.29, 0.717) is 30.2 Å². The predicted octanol–water partition coefficient (Wildman–Crippen LogP) is 5.86. The fourth-order valence-corrected chi connectivity index (χ4v) is 8.83. The molecule has 3 aromatic heterocycles. The number of carbonyl (C=O) groups is 2. The molecule has 1 aliphatic carbocycles. The van der Waals surface area contributed by atoms with Crippen molar-refractivity contribution in [2.45, 2.75) is 87.6 Å². The van der Waals surface area contributed by atoms with Gasteiger partial charge in [-0.1, -0.05) is 25.3 Å². The van der Waals surface area contributed by atoms with Crippen molar-refractivity contribution < 1.29 is 14.3 Å². The molecule has 3 amide bonds. The van der Waals surface area contributed by atoms with Crippen LogP contribution in [0.2, 0.25) is 0 Å². The Bertz CT molecular complexity index is 1780. The second kappa shape index (κ2) is 16.0. The van der Waals surface area contributed by atoms with Gasteiger partial charge < -0.3 is 31.3 Å². The number of ether oxygens (including phenoxy) is 1. The van der Waals surface area contributed by atoms with Crippen LogP contribution in [0.5, 0.6) is 5.75 Å². The predicted molar refractivity (Wildman–Crippen MR) is 199 cm³/mol. The van der Waals surface area contributed by atoms with E-state index < -0.39 is 0 Å². The molecule has 264 valence electrons. The van der Waals surface area contributed by atoms with Crippen molar-refractivity contribution in [2.24, 2.45) is 0 Å². The van der Waals surface area contributed by atoms with Crippen molar-refractivity contribution in [3.63, 3.8) is 0 Å². The highest BCUT2D eigenvalue weighted by molar-refractivity contribution is 8.00. The van der Waals surface area contributed by atoms with Crippen LogP contribution in [0.4, 0.5) is 16.6 Å². The van der Waals surface area contributed by atoms with E-state index in [-0.39, 0.29) is 24.0 Å². The summed E-state index contributed by atoms with van der Waals surface area (Å²) >= 11 is 1.92. The van der Waals surface area contributed by atoms with Gasteiger partial charge in [-0.05, 0) is 81.0 Å². The fourth-order valence-electron chi connectivity index (χ4n) is 7.28. The number of pyridine rings is 1. The minimum atomic E-state index is -0.0503. The Balaban J connectivity index is 0.940. The van der Waals surface area contributed by atoms with Gasteiger partial charge in [-0.2, -0.15) is 16.9 Å². The SMILES string of the molecule is COc1ccc(-c2nn3c(NCCCCNC(=O)CCCC[C@@H]4SC[C@@H]5NC(=O)N[C@@H]54)cccc3c2-c2ccnc(NC3CCCC3)n2)cc1. The second-order valence-corrected chi connectivity index (χ2v) is 14.7. The minimum absolute atomic E-state index is 0.0503. The van der Waals surface area contributed by atoms with Crippen LogP contribution in [0.15, 0.2) is 54.7 Å². The average molecular weight is 698 g/mol. The quantitative estimate of drug-likeness (QED) is 0.0718. The maximum Gasteiger partial charge on any atom is 0.315 e. The maximum absolute atomic E-state index is 12.4. The number of amides is 3. The molecule has 3 fully saturated rings. The fraction of sp³-hybridized carbons (Fsp3) is 0.486. The summed E-state index contributed by atoms with van der Waals surface area (Å²) in [5, 5.41) is 21.8. The maximum atomic E-state index is 12.4. The van der Waals surface area contributed by atoms with Gasteiger partial charge in [-0.15, -0.1) is 0 Å². The van der Waals surface area contributed by atoms with Crippen molar-refractivity contribution >= 4 is 41.0 Å². The number of hydrogen-bond acceptors (Lipinski definition) is 9. The van der Waals surface area contributed by atoms with E-state index in [1.807, 2.05) is 64.9 Å². The number of carbonyl (C=O) groups excluding carboxylic acids is 2.